The monoisotopic (exact) mass is 289 g/mol. The summed E-state index contributed by atoms with van der Waals surface area (Å²) in [6.07, 6.45) is 0. The van der Waals surface area contributed by atoms with Crippen LogP contribution >= 0.6 is 0 Å². The Morgan fingerprint density at radius 2 is 2.05 bits per heavy atom. The van der Waals surface area contributed by atoms with Gasteiger partial charge in [0.2, 0.25) is 5.91 Å². The highest BCUT2D eigenvalue weighted by Crippen LogP contribution is 2.17. The highest BCUT2D eigenvalue weighted by atomic mass is 16.5. The number of ether oxygens (including phenoxy) is 1. The van der Waals surface area contributed by atoms with E-state index in [4.69, 9.17) is 4.74 Å². The topological polar surface area (TPSA) is 56.1 Å². The molecule has 0 aliphatic heterocycles. The number of carbonyl (C=O) groups is 1. The van der Waals surface area contributed by atoms with Crippen LogP contribution in [0.25, 0.3) is 11.0 Å². The Morgan fingerprint density at radius 3 is 2.71 bits per heavy atom. The lowest BCUT2D eigenvalue weighted by Gasteiger charge is -2.17. The first-order chi connectivity index (χ1) is 9.93. The summed E-state index contributed by atoms with van der Waals surface area (Å²) in [5, 5.41) is 2.95. The zero-order valence-corrected chi connectivity index (χ0v) is 13.1. The van der Waals surface area contributed by atoms with E-state index in [9.17, 15) is 4.79 Å². The van der Waals surface area contributed by atoms with Crippen LogP contribution in [0.3, 0.4) is 0 Å². The number of aromatic nitrogens is 2. The van der Waals surface area contributed by atoms with Crippen molar-refractivity contribution < 1.29 is 9.53 Å². The van der Waals surface area contributed by atoms with Gasteiger partial charge in [0.05, 0.1) is 24.2 Å². The van der Waals surface area contributed by atoms with Crippen LogP contribution in [-0.2, 0) is 22.6 Å². The van der Waals surface area contributed by atoms with Gasteiger partial charge in [-0.1, -0.05) is 32.9 Å². The molecular formula is C16H23N3O2. The largest absolute Gasteiger partial charge is 0.383 e. The number of nitrogens with zero attached hydrogens (tertiary/aromatic N) is 2. The van der Waals surface area contributed by atoms with E-state index in [1.165, 1.54) is 0 Å². The van der Waals surface area contributed by atoms with Crippen molar-refractivity contribution in [3.63, 3.8) is 0 Å². The summed E-state index contributed by atoms with van der Waals surface area (Å²) in [7, 11) is 1.68. The molecule has 1 amide bonds. The number of hydrogen-bond donors (Lipinski definition) is 1. The van der Waals surface area contributed by atoms with Gasteiger partial charge in [-0.15, -0.1) is 0 Å². The van der Waals surface area contributed by atoms with E-state index in [1.807, 2.05) is 45.0 Å². The fourth-order valence-corrected chi connectivity index (χ4v) is 2.12. The minimum absolute atomic E-state index is 0.0212. The summed E-state index contributed by atoms with van der Waals surface area (Å²) in [6.45, 7) is 7.45. The van der Waals surface area contributed by atoms with Crippen molar-refractivity contribution in [3.8, 4) is 0 Å². The van der Waals surface area contributed by atoms with Gasteiger partial charge in [0.15, 0.2) is 0 Å². The Balaban J connectivity index is 2.23. The van der Waals surface area contributed by atoms with Gasteiger partial charge in [0.1, 0.15) is 5.82 Å². The van der Waals surface area contributed by atoms with Crippen molar-refractivity contribution in [2.75, 3.05) is 13.7 Å². The van der Waals surface area contributed by atoms with Crippen LogP contribution in [-0.4, -0.2) is 29.2 Å². The number of para-hydroxylation sites is 2. The van der Waals surface area contributed by atoms with Crippen LogP contribution in [0.15, 0.2) is 24.3 Å². The molecule has 0 saturated carbocycles. The molecule has 0 aliphatic rings. The van der Waals surface area contributed by atoms with Crippen LogP contribution < -0.4 is 5.32 Å². The molecule has 1 heterocycles. The first-order valence-electron chi connectivity index (χ1n) is 7.15. The molecule has 0 saturated heterocycles. The predicted molar refractivity (Wildman–Crippen MR) is 82.9 cm³/mol. The molecule has 1 N–H and O–H groups in total. The normalized spacial score (nSPS) is 11.8. The molecule has 0 unspecified atom stereocenters. The van der Waals surface area contributed by atoms with E-state index in [-0.39, 0.29) is 5.91 Å². The van der Waals surface area contributed by atoms with Crippen LogP contribution in [0.1, 0.15) is 26.6 Å². The maximum Gasteiger partial charge on any atom is 0.225 e. The van der Waals surface area contributed by atoms with E-state index in [2.05, 4.69) is 14.9 Å². The van der Waals surface area contributed by atoms with Crippen molar-refractivity contribution >= 4 is 16.9 Å². The van der Waals surface area contributed by atoms with Gasteiger partial charge >= 0.3 is 0 Å². The van der Waals surface area contributed by atoms with Crippen LogP contribution in [0.5, 0.6) is 0 Å². The fourth-order valence-electron chi connectivity index (χ4n) is 2.12. The number of nitrogens with one attached hydrogen (secondary N) is 1. The summed E-state index contributed by atoms with van der Waals surface area (Å²) < 4.78 is 7.26. The molecule has 5 heteroatoms. The van der Waals surface area contributed by atoms with Crippen molar-refractivity contribution in [3.05, 3.63) is 30.1 Å². The fraction of sp³-hybridized carbons (Fsp3) is 0.500. The maximum atomic E-state index is 12.0. The highest BCUT2D eigenvalue weighted by Gasteiger charge is 2.21. The lowest BCUT2D eigenvalue weighted by atomic mass is 9.96. The zero-order valence-electron chi connectivity index (χ0n) is 13.1. The van der Waals surface area contributed by atoms with Gasteiger partial charge in [-0.25, -0.2) is 4.98 Å². The van der Waals surface area contributed by atoms with Gasteiger partial charge in [0.25, 0.3) is 0 Å². The molecule has 0 fully saturated rings. The number of benzene rings is 1. The lowest BCUT2D eigenvalue weighted by Crippen LogP contribution is -2.35. The smallest absolute Gasteiger partial charge is 0.225 e. The summed E-state index contributed by atoms with van der Waals surface area (Å²) in [4.78, 5) is 16.6. The third kappa shape index (κ3) is 3.61. The van der Waals surface area contributed by atoms with Crippen molar-refractivity contribution in [2.45, 2.75) is 33.9 Å². The third-order valence-corrected chi connectivity index (χ3v) is 3.34. The SMILES string of the molecule is COCCn1c(CNC(=O)C(C)(C)C)nc2ccccc21. The molecule has 0 spiro atoms. The van der Waals surface area contributed by atoms with Gasteiger partial charge in [-0.2, -0.15) is 0 Å². The summed E-state index contributed by atoms with van der Waals surface area (Å²) in [5.74, 6) is 0.874. The first kappa shape index (κ1) is 15.5. The number of fused-ring (bicyclic) bond motifs is 1. The van der Waals surface area contributed by atoms with E-state index in [0.29, 0.717) is 13.2 Å². The highest BCUT2D eigenvalue weighted by molar-refractivity contribution is 5.81. The minimum atomic E-state index is -0.399. The molecule has 0 bridgehead atoms. The van der Waals surface area contributed by atoms with E-state index >= 15 is 0 Å². The van der Waals surface area contributed by atoms with Crippen molar-refractivity contribution in [2.24, 2.45) is 5.41 Å². The summed E-state index contributed by atoms with van der Waals surface area (Å²) in [5.41, 5.74) is 1.60. The number of methoxy groups -OCH3 is 1. The van der Waals surface area contributed by atoms with E-state index in [1.54, 1.807) is 7.11 Å². The average molecular weight is 289 g/mol. The van der Waals surface area contributed by atoms with Crippen LogP contribution in [0, 0.1) is 5.41 Å². The minimum Gasteiger partial charge on any atom is -0.383 e. The molecule has 5 nitrogen and oxygen atoms in total. The second-order valence-corrected chi connectivity index (χ2v) is 6.09. The Hall–Kier alpha value is -1.88. The quantitative estimate of drug-likeness (QED) is 0.919. The number of carbonyl (C=O) groups excluding carboxylic acids is 1. The molecule has 21 heavy (non-hydrogen) atoms. The van der Waals surface area contributed by atoms with Crippen molar-refractivity contribution in [1.29, 1.82) is 0 Å². The van der Waals surface area contributed by atoms with Gasteiger partial charge in [-0.3, -0.25) is 4.79 Å². The van der Waals surface area contributed by atoms with Crippen LogP contribution in [0.4, 0.5) is 0 Å². The molecular weight excluding hydrogens is 266 g/mol. The molecule has 1 aromatic heterocycles. The maximum absolute atomic E-state index is 12.0. The zero-order chi connectivity index (χ0) is 15.5. The lowest BCUT2D eigenvalue weighted by molar-refractivity contribution is -0.128. The summed E-state index contributed by atoms with van der Waals surface area (Å²) >= 11 is 0. The third-order valence-electron chi connectivity index (χ3n) is 3.34. The number of rotatable bonds is 5. The Kier molecular flexibility index (Phi) is 4.63. The average Bonchev–Trinajstić information content (AvgIpc) is 2.79. The second kappa shape index (κ2) is 6.26. The standard InChI is InChI=1S/C16H23N3O2/c1-16(2,3)15(20)17-11-14-18-12-7-5-6-8-13(12)19(14)9-10-21-4/h5-8H,9-11H2,1-4H3,(H,17,20). The molecule has 2 rings (SSSR count). The Morgan fingerprint density at radius 1 is 1.33 bits per heavy atom. The van der Waals surface area contributed by atoms with Crippen LogP contribution in [0.2, 0.25) is 0 Å². The van der Waals surface area contributed by atoms with Gasteiger partial charge in [0, 0.05) is 19.1 Å². The number of amides is 1. The van der Waals surface area contributed by atoms with E-state index < -0.39 is 5.41 Å². The second-order valence-electron chi connectivity index (χ2n) is 6.09. The van der Waals surface area contributed by atoms with Crippen molar-refractivity contribution in [1.82, 2.24) is 14.9 Å². The molecule has 1 aromatic carbocycles. The molecule has 0 atom stereocenters. The molecule has 0 aliphatic carbocycles. The first-order valence-corrected chi connectivity index (χ1v) is 7.15. The Bertz CT molecular complexity index is 626. The van der Waals surface area contributed by atoms with Gasteiger partial charge in [-0.05, 0) is 12.1 Å². The molecule has 114 valence electrons. The molecule has 2 aromatic rings. The van der Waals surface area contributed by atoms with E-state index in [0.717, 1.165) is 23.4 Å². The summed E-state index contributed by atoms with van der Waals surface area (Å²) in [6, 6.07) is 7.97. The van der Waals surface area contributed by atoms with Gasteiger partial charge < -0.3 is 14.6 Å². The Labute approximate surface area is 125 Å². The predicted octanol–water partition coefficient (Wildman–Crippen LogP) is 2.34. The number of imidazole rings is 1. The number of hydrogen-bond acceptors (Lipinski definition) is 3. The molecule has 0 radical (unpaired) electrons.